The minimum absolute atomic E-state index is 0.0717. The lowest BCUT2D eigenvalue weighted by Gasteiger charge is -2.07. The highest BCUT2D eigenvalue weighted by Crippen LogP contribution is 2.36. The van der Waals surface area contributed by atoms with Gasteiger partial charge in [0.15, 0.2) is 0 Å². The molecule has 0 aliphatic heterocycles. The summed E-state index contributed by atoms with van der Waals surface area (Å²) in [6.45, 7) is 0. The monoisotopic (exact) mass is 730 g/mol. The molecule has 10 heteroatoms. The van der Waals surface area contributed by atoms with E-state index in [1.54, 1.807) is 48.8 Å². The van der Waals surface area contributed by atoms with Crippen molar-refractivity contribution in [3.8, 4) is 11.5 Å². The Morgan fingerprint density at radius 3 is 1.42 bits per heavy atom. The number of rotatable bonds is 4. The lowest BCUT2D eigenvalue weighted by atomic mass is 10.2. The van der Waals surface area contributed by atoms with E-state index in [4.69, 9.17) is 9.97 Å². The van der Waals surface area contributed by atoms with Gasteiger partial charge in [-0.05, 0) is 80.4 Å². The molecule has 0 fully saturated rings. The van der Waals surface area contributed by atoms with E-state index >= 15 is 0 Å². The first-order valence-corrected chi connectivity index (χ1v) is 13.6. The Balaban J connectivity index is 1.67. The zero-order valence-corrected chi connectivity index (χ0v) is 24.5. The number of hydrogen-bond donors (Lipinski definition) is 2. The fourth-order valence-electron chi connectivity index (χ4n) is 3.50. The molecule has 0 saturated heterocycles. The van der Waals surface area contributed by atoms with E-state index in [0.29, 0.717) is 42.5 Å². The van der Waals surface area contributed by atoms with Crippen molar-refractivity contribution in [1.29, 1.82) is 0 Å². The highest BCUT2D eigenvalue weighted by molar-refractivity contribution is 9.11. The van der Waals surface area contributed by atoms with Crippen LogP contribution in [0.2, 0.25) is 0 Å². The van der Waals surface area contributed by atoms with E-state index in [1.165, 1.54) is 0 Å². The van der Waals surface area contributed by atoms with Crippen LogP contribution in [0.5, 0.6) is 11.5 Å². The molecule has 2 N–H and O–H groups in total. The smallest absolute Gasteiger partial charge is 0.138 e. The fourth-order valence-corrected chi connectivity index (χ4v) is 6.02. The number of aromatic nitrogens is 2. The van der Waals surface area contributed by atoms with Gasteiger partial charge in [0.05, 0.1) is 42.4 Å². The average Bonchev–Trinajstić information content (AvgIpc) is 2.85. The molecular formula is C26H14Br4N4O2. The lowest BCUT2D eigenvalue weighted by Crippen LogP contribution is -1.89. The zero-order chi connectivity index (χ0) is 25.4. The standard InChI is InChI=1S/C26H14Br4N4O2/c27-15-5-13(25(35)17(29)7-15)11-31-21-9-23-24(34-20-4-2-1-3-19(20)33-23)10-22(21)32-12-14-6-16(28)8-18(30)26(14)36/h1-12,35-36H. The third-order valence-electron chi connectivity index (χ3n) is 5.24. The molecular weight excluding hydrogens is 720 g/mol. The highest BCUT2D eigenvalue weighted by atomic mass is 79.9. The number of halogens is 4. The number of hydrogen-bond acceptors (Lipinski definition) is 6. The molecule has 0 atom stereocenters. The summed E-state index contributed by atoms with van der Waals surface area (Å²) in [4.78, 5) is 18.7. The van der Waals surface area contributed by atoms with E-state index in [1.807, 2.05) is 24.3 Å². The normalized spacial score (nSPS) is 11.9. The van der Waals surface area contributed by atoms with Gasteiger partial charge < -0.3 is 10.2 Å². The van der Waals surface area contributed by atoms with Crippen LogP contribution in [-0.4, -0.2) is 32.6 Å². The third-order valence-corrected chi connectivity index (χ3v) is 7.36. The SMILES string of the molecule is Oc1c(Br)cc(Br)cc1C=Nc1cc2nc3ccccc3nc2cc1N=Cc1cc(Br)cc(Br)c1O. The van der Waals surface area contributed by atoms with Crippen LogP contribution in [0, 0.1) is 0 Å². The van der Waals surface area contributed by atoms with Gasteiger partial charge >= 0.3 is 0 Å². The van der Waals surface area contributed by atoms with E-state index in [-0.39, 0.29) is 11.5 Å². The Hall–Kier alpha value is -2.66. The quantitative estimate of drug-likeness (QED) is 0.143. The van der Waals surface area contributed by atoms with Crippen LogP contribution in [0.15, 0.2) is 88.5 Å². The van der Waals surface area contributed by atoms with Crippen LogP contribution in [-0.2, 0) is 0 Å². The van der Waals surface area contributed by atoms with Crippen LogP contribution in [0.3, 0.4) is 0 Å². The second-order valence-corrected chi connectivity index (χ2v) is 11.2. The average molecular weight is 734 g/mol. The summed E-state index contributed by atoms with van der Waals surface area (Å²) in [6.07, 6.45) is 3.12. The van der Waals surface area contributed by atoms with Crippen molar-refractivity contribution in [1.82, 2.24) is 9.97 Å². The van der Waals surface area contributed by atoms with E-state index in [0.717, 1.165) is 20.0 Å². The van der Waals surface area contributed by atoms with Crippen molar-refractivity contribution in [2.45, 2.75) is 0 Å². The van der Waals surface area contributed by atoms with Crippen molar-refractivity contribution in [2.75, 3.05) is 0 Å². The molecule has 1 aromatic heterocycles. The van der Waals surface area contributed by atoms with E-state index in [2.05, 4.69) is 73.7 Å². The van der Waals surface area contributed by atoms with Gasteiger partial charge in [-0.25, -0.2) is 9.97 Å². The number of fused-ring (bicyclic) bond motifs is 2. The molecule has 1 heterocycles. The summed E-state index contributed by atoms with van der Waals surface area (Å²) < 4.78 is 2.67. The van der Waals surface area contributed by atoms with E-state index in [9.17, 15) is 10.2 Å². The predicted molar refractivity (Wildman–Crippen MR) is 159 cm³/mol. The highest BCUT2D eigenvalue weighted by Gasteiger charge is 2.11. The number of aromatic hydroxyl groups is 2. The fraction of sp³-hybridized carbons (Fsp3) is 0. The number of benzene rings is 4. The molecule has 178 valence electrons. The van der Waals surface area contributed by atoms with Crippen molar-refractivity contribution in [3.05, 3.63) is 89.7 Å². The molecule has 5 rings (SSSR count). The topological polar surface area (TPSA) is 91.0 Å². The molecule has 5 aromatic rings. The maximum atomic E-state index is 10.4. The van der Waals surface area contributed by atoms with Crippen LogP contribution >= 0.6 is 63.7 Å². The van der Waals surface area contributed by atoms with Gasteiger partial charge in [-0.2, -0.15) is 0 Å². The predicted octanol–water partition coefficient (Wildman–Crippen LogP) is 8.75. The first-order valence-electron chi connectivity index (χ1n) is 10.4. The van der Waals surface area contributed by atoms with Crippen molar-refractivity contribution in [3.63, 3.8) is 0 Å². The van der Waals surface area contributed by atoms with Crippen molar-refractivity contribution >= 4 is 110 Å². The summed E-state index contributed by atoms with van der Waals surface area (Å²) in [5, 5.41) is 20.9. The molecule has 36 heavy (non-hydrogen) atoms. The molecule has 0 bridgehead atoms. The Bertz CT molecular complexity index is 1600. The Kier molecular flexibility index (Phi) is 7.21. The number of para-hydroxylation sites is 2. The second-order valence-electron chi connectivity index (χ2n) is 7.71. The first kappa shape index (κ1) is 25.0. The third kappa shape index (κ3) is 5.22. The van der Waals surface area contributed by atoms with Crippen LogP contribution in [0.1, 0.15) is 11.1 Å². The zero-order valence-electron chi connectivity index (χ0n) is 18.1. The van der Waals surface area contributed by atoms with Gasteiger partial charge in [-0.1, -0.05) is 44.0 Å². The summed E-state index contributed by atoms with van der Waals surface area (Å²) in [5.74, 6) is 0.143. The molecule has 4 aromatic carbocycles. The minimum Gasteiger partial charge on any atom is -0.506 e. The number of phenolic OH excluding ortho intramolecular Hbond substituents is 2. The summed E-state index contributed by atoms with van der Waals surface area (Å²) in [7, 11) is 0. The minimum atomic E-state index is 0.0717. The van der Waals surface area contributed by atoms with Crippen LogP contribution in [0.25, 0.3) is 22.1 Å². The first-order chi connectivity index (χ1) is 17.3. The molecule has 0 spiro atoms. The molecule has 0 amide bonds. The molecule has 0 unspecified atom stereocenters. The Morgan fingerprint density at radius 1 is 0.583 bits per heavy atom. The molecule has 0 aliphatic carbocycles. The van der Waals surface area contributed by atoms with Crippen LogP contribution < -0.4 is 0 Å². The van der Waals surface area contributed by atoms with Gasteiger partial charge in [0.25, 0.3) is 0 Å². The molecule has 6 nitrogen and oxygen atoms in total. The van der Waals surface area contributed by atoms with Crippen LogP contribution in [0.4, 0.5) is 11.4 Å². The maximum Gasteiger partial charge on any atom is 0.138 e. The number of nitrogens with zero attached hydrogens (tertiary/aromatic N) is 4. The van der Waals surface area contributed by atoms with Crippen molar-refractivity contribution < 1.29 is 10.2 Å². The molecule has 0 aliphatic rings. The van der Waals surface area contributed by atoms with Crippen molar-refractivity contribution in [2.24, 2.45) is 9.98 Å². The van der Waals surface area contributed by atoms with Gasteiger partial charge in [-0.3, -0.25) is 9.98 Å². The number of phenols is 2. The molecule has 0 radical (unpaired) electrons. The summed E-state index contributed by atoms with van der Waals surface area (Å²) >= 11 is 13.6. The summed E-state index contributed by atoms with van der Waals surface area (Å²) in [6, 6.07) is 18.3. The van der Waals surface area contributed by atoms with E-state index < -0.39 is 0 Å². The van der Waals surface area contributed by atoms with Gasteiger partial charge in [-0.15, -0.1) is 0 Å². The second kappa shape index (κ2) is 10.4. The summed E-state index contributed by atoms with van der Waals surface area (Å²) in [5.41, 5.74) is 4.94. The largest absolute Gasteiger partial charge is 0.506 e. The maximum absolute atomic E-state index is 10.4. The lowest BCUT2D eigenvalue weighted by molar-refractivity contribution is 0.470. The Labute approximate surface area is 239 Å². The van der Waals surface area contributed by atoms with Gasteiger partial charge in [0.1, 0.15) is 11.5 Å². The van der Waals surface area contributed by atoms with Gasteiger partial charge in [0, 0.05) is 32.5 Å². The Morgan fingerprint density at radius 2 is 1.00 bits per heavy atom. The van der Waals surface area contributed by atoms with Gasteiger partial charge in [0.2, 0.25) is 0 Å². The number of aliphatic imine (C=N–C) groups is 2. The molecule has 0 saturated carbocycles.